The van der Waals surface area contributed by atoms with Gasteiger partial charge in [-0.1, -0.05) is 0 Å². The van der Waals surface area contributed by atoms with Crippen LogP contribution in [-0.2, 0) is 0 Å². The van der Waals surface area contributed by atoms with Gasteiger partial charge in [-0.3, -0.25) is 4.79 Å². The minimum Gasteiger partial charge on any atom is -0.349 e. The maximum Gasteiger partial charge on any atom is 0.269 e. The molecule has 0 spiro atoms. The van der Waals surface area contributed by atoms with Gasteiger partial charge in [0.1, 0.15) is 11.8 Å². The Morgan fingerprint density at radius 2 is 2.29 bits per heavy atom. The van der Waals surface area contributed by atoms with E-state index in [1.165, 1.54) is 6.20 Å². The van der Waals surface area contributed by atoms with Crippen molar-refractivity contribution in [1.82, 2.24) is 15.2 Å². The number of nitrogens with one attached hydrogen (secondary N) is 1. The molecule has 5 heteroatoms. The smallest absolute Gasteiger partial charge is 0.269 e. The summed E-state index contributed by atoms with van der Waals surface area (Å²) in [7, 11) is 3.91. The molecule has 0 bridgehead atoms. The molecule has 0 aliphatic carbocycles. The maximum atomic E-state index is 11.7. The first-order valence-electron chi connectivity index (χ1n) is 5.35. The molecule has 0 fully saturated rings. The molecule has 0 aliphatic heterocycles. The lowest BCUT2D eigenvalue weighted by molar-refractivity contribution is 0.0938. The Morgan fingerprint density at radius 3 is 2.76 bits per heavy atom. The molecule has 0 radical (unpaired) electrons. The van der Waals surface area contributed by atoms with Gasteiger partial charge in [0, 0.05) is 18.8 Å². The third-order valence-corrected chi connectivity index (χ3v) is 2.56. The van der Waals surface area contributed by atoms with E-state index in [0.717, 1.165) is 0 Å². The summed E-state index contributed by atoms with van der Waals surface area (Å²) in [6.07, 6.45) is 1.39. The number of hydrogen-bond donors (Lipinski definition) is 1. The molecule has 1 unspecified atom stereocenters. The van der Waals surface area contributed by atoms with Crippen molar-refractivity contribution in [2.45, 2.75) is 13.0 Å². The molecule has 0 saturated carbocycles. The second-order valence-electron chi connectivity index (χ2n) is 4.07. The van der Waals surface area contributed by atoms with Gasteiger partial charge in [-0.2, -0.15) is 5.26 Å². The van der Waals surface area contributed by atoms with Gasteiger partial charge in [0.15, 0.2) is 0 Å². The molecule has 1 rings (SSSR count). The fourth-order valence-corrected chi connectivity index (χ4v) is 1.11. The van der Waals surface area contributed by atoms with Gasteiger partial charge in [-0.15, -0.1) is 0 Å². The summed E-state index contributed by atoms with van der Waals surface area (Å²) in [5, 5.41) is 11.4. The van der Waals surface area contributed by atoms with Crippen LogP contribution in [0.15, 0.2) is 18.3 Å². The lowest BCUT2D eigenvalue weighted by atomic mass is 10.2. The van der Waals surface area contributed by atoms with E-state index < -0.39 is 0 Å². The zero-order valence-corrected chi connectivity index (χ0v) is 10.3. The third-order valence-electron chi connectivity index (χ3n) is 2.56. The third kappa shape index (κ3) is 3.85. The normalized spacial score (nSPS) is 11.9. The second-order valence-corrected chi connectivity index (χ2v) is 4.07. The van der Waals surface area contributed by atoms with Crippen molar-refractivity contribution in [3.63, 3.8) is 0 Å². The summed E-state index contributed by atoms with van der Waals surface area (Å²) in [6, 6.07) is 5.35. The van der Waals surface area contributed by atoms with E-state index in [1.54, 1.807) is 12.1 Å². The van der Waals surface area contributed by atoms with E-state index in [2.05, 4.69) is 10.3 Å². The summed E-state index contributed by atoms with van der Waals surface area (Å²) < 4.78 is 0. The zero-order chi connectivity index (χ0) is 12.8. The fourth-order valence-electron chi connectivity index (χ4n) is 1.11. The largest absolute Gasteiger partial charge is 0.349 e. The Morgan fingerprint density at radius 1 is 1.59 bits per heavy atom. The van der Waals surface area contributed by atoms with Crippen molar-refractivity contribution in [3.05, 3.63) is 29.6 Å². The minimum atomic E-state index is -0.219. The van der Waals surface area contributed by atoms with Crippen molar-refractivity contribution < 1.29 is 4.79 Å². The van der Waals surface area contributed by atoms with E-state index in [0.29, 0.717) is 17.8 Å². The highest BCUT2D eigenvalue weighted by Crippen LogP contribution is 1.99. The predicted molar refractivity (Wildman–Crippen MR) is 64.4 cm³/mol. The molecule has 5 nitrogen and oxygen atoms in total. The van der Waals surface area contributed by atoms with Gasteiger partial charge in [0.25, 0.3) is 5.91 Å². The number of carbonyl (C=O) groups excluding carboxylic acids is 1. The average molecular weight is 232 g/mol. The quantitative estimate of drug-likeness (QED) is 0.826. The van der Waals surface area contributed by atoms with E-state index in [1.807, 2.05) is 32.0 Å². The molecule has 1 aromatic heterocycles. The minimum absolute atomic E-state index is 0.219. The van der Waals surface area contributed by atoms with Crippen LogP contribution in [0.4, 0.5) is 0 Å². The van der Waals surface area contributed by atoms with Crippen LogP contribution in [0.3, 0.4) is 0 Å². The second kappa shape index (κ2) is 5.97. The number of nitrogens with zero attached hydrogens (tertiary/aromatic N) is 3. The van der Waals surface area contributed by atoms with Crippen LogP contribution in [0.25, 0.3) is 0 Å². The summed E-state index contributed by atoms with van der Waals surface area (Å²) >= 11 is 0. The number of carbonyl (C=O) groups is 1. The molecule has 0 aromatic carbocycles. The number of rotatable bonds is 4. The summed E-state index contributed by atoms with van der Waals surface area (Å²) in [5.41, 5.74) is 0.776. The maximum absolute atomic E-state index is 11.7. The van der Waals surface area contributed by atoms with Crippen LogP contribution in [0.2, 0.25) is 0 Å². The van der Waals surface area contributed by atoms with E-state index in [-0.39, 0.29) is 11.9 Å². The van der Waals surface area contributed by atoms with E-state index >= 15 is 0 Å². The first-order chi connectivity index (χ1) is 8.04. The molecule has 1 N–H and O–H groups in total. The first kappa shape index (κ1) is 13.1. The summed E-state index contributed by atoms with van der Waals surface area (Å²) in [4.78, 5) is 17.6. The van der Waals surface area contributed by atoms with E-state index in [9.17, 15) is 4.79 Å². The first-order valence-corrected chi connectivity index (χ1v) is 5.35. The monoisotopic (exact) mass is 232 g/mol. The van der Waals surface area contributed by atoms with Crippen LogP contribution < -0.4 is 5.32 Å². The molecule has 17 heavy (non-hydrogen) atoms. The molecule has 1 amide bonds. The van der Waals surface area contributed by atoms with E-state index in [4.69, 9.17) is 5.26 Å². The highest BCUT2D eigenvalue weighted by atomic mass is 16.1. The molecule has 0 saturated heterocycles. The van der Waals surface area contributed by atoms with Crippen LogP contribution in [-0.4, -0.2) is 42.5 Å². The van der Waals surface area contributed by atoms with Crippen LogP contribution in [0.5, 0.6) is 0 Å². The molecular formula is C12H16N4O. The Labute approximate surface area is 101 Å². The van der Waals surface area contributed by atoms with Crippen molar-refractivity contribution >= 4 is 5.91 Å². The van der Waals surface area contributed by atoms with Gasteiger partial charge in [-0.05, 0) is 33.2 Å². The molecule has 0 aliphatic rings. The highest BCUT2D eigenvalue weighted by molar-refractivity contribution is 5.92. The van der Waals surface area contributed by atoms with Gasteiger partial charge in [0.2, 0.25) is 0 Å². The number of pyridine rings is 1. The number of aromatic nitrogens is 1. The molecule has 1 atom stereocenters. The summed E-state index contributed by atoms with van der Waals surface area (Å²) in [5.74, 6) is -0.219. The van der Waals surface area contributed by atoms with Crippen LogP contribution in [0.1, 0.15) is 23.0 Å². The number of nitriles is 1. The van der Waals surface area contributed by atoms with Crippen molar-refractivity contribution in [2.24, 2.45) is 0 Å². The predicted octanol–water partition coefficient (Wildman–Crippen LogP) is 0.633. The Bertz CT molecular complexity index is 419. The molecule has 90 valence electrons. The lowest BCUT2D eigenvalue weighted by Gasteiger charge is -2.19. The SMILES string of the molecule is CC(CNC(=O)c1ccc(C#N)cn1)N(C)C. The lowest BCUT2D eigenvalue weighted by Crippen LogP contribution is -2.38. The van der Waals surface area contributed by atoms with Crippen molar-refractivity contribution in [2.75, 3.05) is 20.6 Å². The number of hydrogen-bond acceptors (Lipinski definition) is 4. The van der Waals surface area contributed by atoms with Crippen LogP contribution >= 0.6 is 0 Å². The standard InChI is InChI=1S/C12H16N4O/c1-9(16(2)3)7-15-12(17)11-5-4-10(6-13)8-14-11/h4-5,8-9H,7H2,1-3H3,(H,15,17). The van der Waals surface area contributed by atoms with Crippen molar-refractivity contribution in [1.29, 1.82) is 5.26 Å². The topological polar surface area (TPSA) is 69.0 Å². The zero-order valence-electron chi connectivity index (χ0n) is 10.3. The number of amides is 1. The fraction of sp³-hybridized carbons (Fsp3) is 0.417. The van der Waals surface area contributed by atoms with Gasteiger partial charge >= 0.3 is 0 Å². The Hall–Kier alpha value is -1.93. The Kier molecular flexibility index (Phi) is 4.61. The van der Waals surface area contributed by atoms with Gasteiger partial charge < -0.3 is 10.2 Å². The average Bonchev–Trinajstić information content (AvgIpc) is 2.35. The highest BCUT2D eigenvalue weighted by Gasteiger charge is 2.09. The molecular weight excluding hydrogens is 216 g/mol. The van der Waals surface area contributed by atoms with Crippen molar-refractivity contribution in [3.8, 4) is 6.07 Å². The van der Waals surface area contributed by atoms with Gasteiger partial charge in [0.05, 0.1) is 5.56 Å². The van der Waals surface area contributed by atoms with Crippen LogP contribution in [0, 0.1) is 11.3 Å². The molecule has 1 aromatic rings. The Balaban J connectivity index is 2.56. The van der Waals surface area contributed by atoms with Gasteiger partial charge in [-0.25, -0.2) is 4.98 Å². The number of likely N-dealkylation sites (N-methyl/N-ethyl adjacent to an activating group) is 1. The molecule has 1 heterocycles. The summed E-state index contributed by atoms with van der Waals surface area (Å²) in [6.45, 7) is 2.58.